The van der Waals surface area contributed by atoms with Crippen molar-refractivity contribution in [3.05, 3.63) is 12.2 Å². The van der Waals surface area contributed by atoms with Gasteiger partial charge >= 0.3 is 0 Å². The van der Waals surface area contributed by atoms with E-state index in [4.69, 9.17) is 5.73 Å². The first-order chi connectivity index (χ1) is 10.1. The van der Waals surface area contributed by atoms with E-state index in [-0.39, 0.29) is 5.54 Å². The lowest BCUT2D eigenvalue weighted by molar-refractivity contribution is 0.0105. The van der Waals surface area contributed by atoms with Crippen LogP contribution in [0.2, 0.25) is 0 Å². The molecule has 5 heteroatoms. The monoisotopic (exact) mass is 291 g/mol. The molecule has 1 aliphatic heterocycles. The van der Waals surface area contributed by atoms with Gasteiger partial charge in [-0.15, -0.1) is 10.2 Å². The van der Waals surface area contributed by atoms with Gasteiger partial charge in [0.25, 0.3) is 0 Å². The van der Waals surface area contributed by atoms with Crippen molar-refractivity contribution in [2.24, 2.45) is 17.6 Å². The van der Waals surface area contributed by atoms with Crippen LogP contribution < -0.4 is 5.73 Å². The molecular weight excluding hydrogens is 262 g/mol. The summed E-state index contributed by atoms with van der Waals surface area (Å²) < 4.78 is 2.18. The van der Waals surface area contributed by atoms with Gasteiger partial charge in [-0.25, -0.2) is 0 Å². The molecule has 1 aromatic heterocycles. The van der Waals surface area contributed by atoms with Crippen LogP contribution in [-0.2, 0) is 13.1 Å². The fourth-order valence-electron chi connectivity index (χ4n) is 4.40. The van der Waals surface area contributed by atoms with E-state index in [1.165, 1.54) is 32.1 Å². The lowest BCUT2D eigenvalue weighted by atomic mass is 9.72. The molecule has 0 spiro atoms. The molecule has 3 rings (SSSR count). The number of fused-ring (bicyclic) bond motifs is 1. The third-order valence-electron chi connectivity index (χ3n) is 5.42. The number of hydrogen-bond acceptors (Lipinski definition) is 4. The summed E-state index contributed by atoms with van der Waals surface area (Å²) in [6.07, 6.45) is 8.39. The van der Waals surface area contributed by atoms with Crippen molar-refractivity contribution in [2.75, 3.05) is 13.1 Å². The maximum absolute atomic E-state index is 6.27. The summed E-state index contributed by atoms with van der Waals surface area (Å²) in [6, 6.07) is 0. The molecule has 2 atom stereocenters. The molecule has 0 radical (unpaired) electrons. The minimum atomic E-state index is 0.189. The maximum atomic E-state index is 6.27. The van der Waals surface area contributed by atoms with Crippen LogP contribution in [0.25, 0.3) is 0 Å². The summed E-state index contributed by atoms with van der Waals surface area (Å²) in [5.74, 6) is 2.72. The Morgan fingerprint density at radius 3 is 3.05 bits per heavy atom. The van der Waals surface area contributed by atoms with Gasteiger partial charge in [-0.2, -0.15) is 0 Å². The van der Waals surface area contributed by atoms with Crippen LogP contribution in [-0.4, -0.2) is 38.3 Å². The number of nitrogens with two attached hydrogens (primary N) is 1. The largest absolute Gasteiger partial charge is 0.329 e. The summed E-state index contributed by atoms with van der Waals surface area (Å²) >= 11 is 0. The molecular formula is C16H29N5. The van der Waals surface area contributed by atoms with Crippen molar-refractivity contribution in [3.8, 4) is 0 Å². The lowest BCUT2D eigenvalue weighted by Crippen LogP contribution is -2.58. The van der Waals surface area contributed by atoms with Crippen molar-refractivity contribution < 1.29 is 0 Å². The molecule has 1 fully saturated rings. The quantitative estimate of drug-likeness (QED) is 0.922. The molecule has 118 valence electrons. The number of nitrogens with zero attached hydrogens (tertiary/aromatic N) is 4. The minimum Gasteiger partial charge on any atom is -0.329 e. The van der Waals surface area contributed by atoms with Crippen LogP contribution in [0, 0.1) is 11.8 Å². The van der Waals surface area contributed by atoms with Crippen molar-refractivity contribution in [3.63, 3.8) is 0 Å². The molecule has 0 saturated heterocycles. The molecule has 2 N–H and O–H groups in total. The predicted octanol–water partition coefficient (Wildman–Crippen LogP) is 2.03. The van der Waals surface area contributed by atoms with Crippen LogP contribution in [0.1, 0.15) is 51.8 Å². The Kier molecular flexibility index (Phi) is 4.31. The van der Waals surface area contributed by atoms with Crippen molar-refractivity contribution in [1.82, 2.24) is 19.7 Å². The lowest BCUT2D eigenvalue weighted by Gasteiger charge is -2.49. The van der Waals surface area contributed by atoms with Crippen LogP contribution >= 0.6 is 0 Å². The summed E-state index contributed by atoms with van der Waals surface area (Å²) in [4.78, 5) is 2.60. The van der Waals surface area contributed by atoms with Gasteiger partial charge in [-0.05, 0) is 31.1 Å². The first-order valence-corrected chi connectivity index (χ1v) is 8.45. The second-order valence-electron chi connectivity index (χ2n) is 7.38. The second-order valence-corrected chi connectivity index (χ2v) is 7.38. The molecule has 21 heavy (non-hydrogen) atoms. The molecule has 1 aromatic rings. The fourth-order valence-corrected chi connectivity index (χ4v) is 4.40. The van der Waals surface area contributed by atoms with Gasteiger partial charge in [0.05, 0.1) is 6.54 Å². The summed E-state index contributed by atoms with van der Waals surface area (Å²) in [7, 11) is 0. The van der Waals surface area contributed by atoms with Crippen LogP contribution in [0.4, 0.5) is 0 Å². The van der Waals surface area contributed by atoms with E-state index in [1.807, 2.05) is 6.33 Å². The molecule has 2 aliphatic rings. The summed E-state index contributed by atoms with van der Waals surface area (Å²) in [6.45, 7) is 8.43. The first kappa shape index (κ1) is 15.0. The Morgan fingerprint density at radius 2 is 2.29 bits per heavy atom. The number of rotatable bonds is 4. The average molecular weight is 291 g/mol. The van der Waals surface area contributed by atoms with Crippen LogP contribution in [0.3, 0.4) is 0 Å². The molecule has 0 aromatic carbocycles. The molecule has 2 heterocycles. The Hall–Kier alpha value is -0.940. The molecule has 1 saturated carbocycles. The highest BCUT2D eigenvalue weighted by atomic mass is 15.3. The highest BCUT2D eigenvalue weighted by Gasteiger charge is 2.41. The van der Waals surface area contributed by atoms with Crippen molar-refractivity contribution in [2.45, 2.75) is 64.6 Å². The fraction of sp³-hybridized carbons (Fsp3) is 0.875. The third kappa shape index (κ3) is 2.99. The van der Waals surface area contributed by atoms with Crippen LogP contribution in [0.5, 0.6) is 0 Å². The minimum absolute atomic E-state index is 0.189. The normalized spacial score (nSPS) is 30.6. The third-order valence-corrected chi connectivity index (χ3v) is 5.42. The Balaban J connectivity index is 1.74. The zero-order chi connectivity index (χ0) is 14.9. The van der Waals surface area contributed by atoms with Gasteiger partial charge in [0, 0.05) is 25.2 Å². The number of hydrogen-bond donors (Lipinski definition) is 1. The summed E-state index contributed by atoms with van der Waals surface area (Å²) in [5, 5.41) is 8.31. The zero-order valence-corrected chi connectivity index (χ0v) is 13.5. The Bertz CT molecular complexity index is 469. The van der Waals surface area contributed by atoms with Crippen LogP contribution in [0.15, 0.2) is 6.33 Å². The van der Waals surface area contributed by atoms with E-state index in [1.54, 1.807) is 0 Å². The van der Waals surface area contributed by atoms with Gasteiger partial charge in [0.2, 0.25) is 0 Å². The Morgan fingerprint density at radius 1 is 1.43 bits per heavy atom. The van der Waals surface area contributed by atoms with E-state index in [0.717, 1.165) is 43.8 Å². The van der Waals surface area contributed by atoms with Gasteiger partial charge in [0.1, 0.15) is 12.2 Å². The highest BCUT2D eigenvalue weighted by Crippen LogP contribution is 2.40. The second kappa shape index (κ2) is 6.05. The Labute approximate surface area is 127 Å². The van der Waals surface area contributed by atoms with Crippen molar-refractivity contribution >= 4 is 0 Å². The smallest absolute Gasteiger partial charge is 0.147 e. The van der Waals surface area contributed by atoms with Gasteiger partial charge < -0.3 is 10.3 Å². The van der Waals surface area contributed by atoms with E-state index in [9.17, 15) is 0 Å². The molecule has 0 bridgehead atoms. The van der Waals surface area contributed by atoms with E-state index in [2.05, 4.69) is 33.5 Å². The molecule has 5 nitrogen and oxygen atoms in total. The summed E-state index contributed by atoms with van der Waals surface area (Å²) in [5.41, 5.74) is 6.46. The maximum Gasteiger partial charge on any atom is 0.147 e. The standard InChI is InChI=1S/C16H29N5/c1-13(2)8-14-4-3-5-16(9-14,11-17)21-7-6-20-12-18-19-15(20)10-21/h12-14H,3-11,17H2,1-2H3. The number of aromatic nitrogens is 3. The van der Waals surface area contributed by atoms with Gasteiger partial charge in [-0.3, -0.25) is 4.90 Å². The molecule has 1 aliphatic carbocycles. The SMILES string of the molecule is CC(C)CC1CCCC(CN)(N2CCn3cnnc3C2)C1. The topological polar surface area (TPSA) is 60.0 Å². The average Bonchev–Trinajstić information content (AvgIpc) is 2.94. The van der Waals surface area contributed by atoms with E-state index in [0.29, 0.717) is 0 Å². The highest BCUT2D eigenvalue weighted by molar-refractivity contribution is 5.01. The van der Waals surface area contributed by atoms with E-state index >= 15 is 0 Å². The first-order valence-electron chi connectivity index (χ1n) is 8.45. The predicted molar refractivity (Wildman–Crippen MR) is 83.6 cm³/mol. The van der Waals surface area contributed by atoms with Gasteiger partial charge in [-0.1, -0.05) is 26.7 Å². The van der Waals surface area contributed by atoms with Crippen molar-refractivity contribution in [1.29, 1.82) is 0 Å². The zero-order valence-electron chi connectivity index (χ0n) is 13.5. The van der Waals surface area contributed by atoms with Gasteiger partial charge in [0.15, 0.2) is 0 Å². The molecule has 0 amide bonds. The molecule has 2 unspecified atom stereocenters. The van der Waals surface area contributed by atoms with E-state index < -0.39 is 0 Å².